The van der Waals surface area contributed by atoms with Gasteiger partial charge in [0, 0.05) is 16.8 Å². The highest BCUT2D eigenvalue weighted by Crippen LogP contribution is 2.41. The van der Waals surface area contributed by atoms with E-state index >= 15 is 0 Å². The smallest absolute Gasteiger partial charge is 0.348 e. The maximum absolute atomic E-state index is 13.4. The number of anilines is 1. The third-order valence-corrected chi connectivity index (χ3v) is 6.95. The summed E-state index contributed by atoms with van der Waals surface area (Å²) in [7, 11) is 0. The highest BCUT2D eigenvalue weighted by molar-refractivity contribution is 7.14. The van der Waals surface area contributed by atoms with Crippen molar-refractivity contribution in [1.82, 2.24) is 0 Å². The highest BCUT2D eigenvalue weighted by Gasteiger charge is 2.37. The number of rotatable bonds is 4. The van der Waals surface area contributed by atoms with Crippen LogP contribution in [0, 0.1) is 17.8 Å². The molecule has 1 aromatic heterocycles. The van der Waals surface area contributed by atoms with Crippen molar-refractivity contribution in [2.75, 3.05) is 4.90 Å². The van der Waals surface area contributed by atoms with Gasteiger partial charge in [-0.15, -0.1) is 11.3 Å². The van der Waals surface area contributed by atoms with Crippen molar-refractivity contribution in [2.45, 2.75) is 79.2 Å². The molecule has 1 aromatic rings. The molecular formula is C21H33NO3S. The zero-order valence-electron chi connectivity index (χ0n) is 17.1. The summed E-state index contributed by atoms with van der Waals surface area (Å²) in [5.41, 5.74) is 0.421. The summed E-state index contributed by atoms with van der Waals surface area (Å²) in [5, 5.41) is 9.73. The molecule has 3 atom stereocenters. The van der Waals surface area contributed by atoms with Gasteiger partial charge in [-0.1, -0.05) is 34.6 Å². The number of hydrogen-bond acceptors (Lipinski definition) is 3. The third-order valence-electron chi connectivity index (χ3n) is 5.41. The largest absolute Gasteiger partial charge is 0.477 e. The van der Waals surface area contributed by atoms with Crippen LogP contribution in [0.5, 0.6) is 0 Å². The molecule has 1 saturated carbocycles. The van der Waals surface area contributed by atoms with Gasteiger partial charge in [0.1, 0.15) is 4.88 Å². The number of carboxylic acids is 1. The molecular weight excluding hydrogens is 346 g/mol. The molecule has 2 rings (SSSR count). The van der Waals surface area contributed by atoms with E-state index in [9.17, 15) is 14.7 Å². The van der Waals surface area contributed by atoms with Crippen molar-refractivity contribution in [3.63, 3.8) is 0 Å². The van der Waals surface area contributed by atoms with Crippen molar-refractivity contribution >= 4 is 28.9 Å². The number of thiophene rings is 1. The van der Waals surface area contributed by atoms with Crippen molar-refractivity contribution in [3.8, 4) is 0 Å². The first-order chi connectivity index (χ1) is 11.9. The van der Waals surface area contributed by atoms with Crippen LogP contribution < -0.4 is 4.90 Å². The zero-order valence-corrected chi connectivity index (χ0v) is 17.9. The van der Waals surface area contributed by atoms with Gasteiger partial charge >= 0.3 is 5.97 Å². The Hall–Kier alpha value is -1.36. The van der Waals surface area contributed by atoms with E-state index in [2.05, 4.69) is 34.6 Å². The first-order valence-electron chi connectivity index (χ1n) is 9.64. The Kier molecular flexibility index (Phi) is 6.21. The van der Waals surface area contributed by atoms with E-state index in [1.807, 2.05) is 19.9 Å². The van der Waals surface area contributed by atoms with Crippen LogP contribution in [0.25, 0.3) is 0 Å². The van der Waals surface area contributed by atoms with E-state index in [4.69, 9.17) is 0 Å². The Balaban J connectivity index is 2.45. The maximum atomic E-state index is 13.4. The average molecular weight is 380 g/mol. The SMILES string of the molecule is CC(C)N(C(=O)C1CC[C@H](C)C[C@@H]1C)c1cc(C(C)(C)C)sc1C(=O)O. The van der Waals surface area contributed by atoms with E-state index in [1.54, 1.807) is 4.90 Å². The Morgan fingerprint density at radius 1 is 1.23 bits per heavy atom. The van der Waals surface area contributed by atoms with E-state index in [-0.39, 0.29) is 28.2 Å². The second-order valence-electron chi connectivity index (χ2n) is 9.18. The summed E-state index contributed by atoms with van der Waals surface area (Å²) in [6.45, 7) is 14.5. The second kappa shape index (κ2) is 7.71. The average Bonchev–Trinajstić information content (AvgIpc) is 2.91. The van der Waals surface area contributed by atoms with Gasteiger partial charge in [0.15, 0.2) is 0 Å². The van der Waals surface area contributed by atoms with E-state index < -0.39 is 5.97 Å². The number of carbonyl (C=O) groups excluding carboxylic acids is 1. The Labute approximate surface area is 161 Å². The minimum atomic E-state index is -0.954. The third kappa shape index (κ3) is 4.30. The number of hydrogen-bond donors (Lipinski definition) is 1. The van der Waals surface area contributed by atoms with Crippen molar-refractivity contribution < 1.29 is 14.7 Å². The van der Waals surface area contributed by atoms with Crippen molar-refractivity contribution in [3.05, 3.63) is 15.8 Å². The molecule has 0 radical (unpaired) electrons. The number of nitrogens with zero attached hydrogens (tertiary/aromatic N) is 1. The van der Waals surface area contributed by atoms with Gasteiger partial charge in [0.2, 0.25) is 5.91 Å². The number of carboxylic acid groups (broad SMARTS) is 1. The quantitative estimate of drug-likeness (QED) is 0.745. The standard InChI is InChI=1S/C21H33NO3S/c1-12(2)22(19(23)15-9-8-13(3)10-14(15)4)16-11-17(21(5,6)7)26-18(16)20(24)25/h11-15H,8-10H2,1-7H3,(H,24,25)/t13-,14-,15?/m0/s1. The normalized spacial score (nSPS) is 23.9. The molecule has 1 unspecified atom stereocenters. The number of aromatic carboxylic acids is 1. The second-order valence-corrected chi connectivity index (χ2v) is 10.2. The lowest BCUT2D eigenvalue weighted by molar-refractivity contribution is -0.125. The van der Waals surface area contributed by atoms with Crippen LogP contribution >= 0.6 is 11.3 Å². The van der Waals surface area contributed by atoms with Crippen molar-refractivity contribution in [1.29, 1.82) is 0 Å². The van der Waals surface area contributed by atoms with Crippen LogP contribution in [0.1, 0.15) is 82.3 Å². The van der Waals surface area contributed by atoms with Crippen LogP contribution in [0.4, 0.5) is 5.69 Å². The van der Waals surface area contributed by atoms with Gasteiger partial charge in [-0.25, -0.2) is 4.79 Å². The molecule has 1 heterocycles. The topological polar surface area (TPSA) is 57.6 Å². The Bertz CT molecular complexity index is 671. The minimum Gasteiger partial charge on any atom is -0.477 e. The van der Waals surface area contributed by atoms with Gasteiger partial charge in [-0.3, -0.25) is 4.79 Å². The van der Waals surface area contributed by atoms with Crippen LogP contribution in [0.3, 0.4) is 0 Å². The molecule has 0 aromatic carbocycles. The number of amides is 1. The summed E-state index contributed by atoms with van der Waals surface area (Å²) >= 11 is 1.29. The van der Waals surface area contributed by atoms with Gasteiger partial charge in [0.25, 0.3) is 0 Å². The molecule has 1 amide bonds. The van der Waals surface area contributed by atoms with Gasteiger partial charge in [-0.05, 0) is 56.4 Å². The fourth-order valence-electron chi connectivity index (χ4n) is 3.95. The van der Waals surface area contributed by atoms with Gasteiger partial charge < -0.3 is 10.0 Å². The predicted molar refractivity (Wildman–Crippen MR) is 108 cm³/mol. The summed E-state index contributed by atoms with van der Waals surface area (Å²) < 4.78 is 0. The molecule has 1 N–H and O–H groups in total. The molecule has 26 heavy (non-hydrogen) atoms. The van der Waals surface area contributed by atoms with Gasteiger partial charge in [0.05, 0.1) is 5.69 Å². The molecule has 0 saturated heterocycles. The molecule has 1 aliphatic carbocycles. The van der Waals surface area contributed by atoms with Gasteiger partial charge in [-0.2, -0.15) is 0 Å². The van der Waals surface area contributed by atoms with E-state index in [0.29, 0.717) is 17.5 Å². The molecule has 4 nitrogen and oxygen atoms in total. The van der Waals surface area contributed by atoms with Crippen molar-refractivity contribution in [2.24, 2.45) is 17.8 Å². The molecule has 146 valence electrons. The first kappa shape index (κ1) is 20.9. The minimum absolute atomic E-state index is 0.0202. The van der Waals surface area contributed by atoms with Crippen LogP contribution in [-0.2, 0) is 10.2 Å². The lowest BCUT2D eigenvalue weighted by Crippen LogP contribution is -2.44. The summed E-state index contributed by atoms with van der Waals surface area (Å²) in [6.07, 6.45) is 3.02. The predicted octanol–water partition coefficient (Wildman–Crippen LogP) is 5.56. The first-order valence-corrected chi connectivity index (χ1v) is 10.5. The monoisotopic (exact) mass is 379 g/mol. The molecule has 0 aliphatic heterocycles. The molecule has 1 aliphatic rings. The fourth-order valence-corrected chi connectivity index (χ4v) is 4.99. The summed E-state index contributed by atoms with van der Waals surface area (Å²) in [5.74, 6) is 0.101. The Morgan fingerprint density at radius 2 is 1.85 bits per heavy atom. The Morgan fingerprint density at radius 3 is 2.31 bits per heavy atom. The van der Waals surface area contributed by atoms with E-state index in [1.165, 1.54) is 11.3 Å². The lowest BCUT2D eigenvalue weighted by atomic mass is 9.75. The molecule has 0 spiro atoms. The molecule has 1 fully saturated rings. The number of carbonyl (C=O) groups is 2. The molecule has 0 bridgehead atoms. The fraction of sp³-hybridized carbons (Fsp3) is 0.714. The molecule has 5 heteroatoms. The summed E-state index contributed by atoms with van der Waals surface area (Å²) in [6, 6.07) is 1.84. The maximum Gasteiger partial charge on any atom is 0.348 e. The zero-order chi connectivity index (χ0) is 19.8. The lowest BCUT2D eigenvalue weighted by Gasteiger charge is -2.37. The van der Waals surface area contributed by atoms with E-state index in [0.717, 1.165) is 24.1 Å². The van der Waals surface area contributed by atoms with Crippen LogP contribution in [0.2, 0.25) is 0 Å². The highest BCUT2D eigenvalue weighted by atomic mass is 32.1. The van der Waals surface area contributed by atoms with Crippen LogP contribution in [-0.4, -0.2) is 23.0 Å². The summed E-state index contributed by atoms with van der Waals surface area (Å²) in [4.78, 5) is 28.3. The van der Waals surface area contributed by atoms with Crippen LogP contribution in [0.15, 0.2) is 6.07 Å².